The maximum atomic E-state index is 5.38. The van der Waals surface area contributed by atoms with E-state index < -0.39 is 0 Å². The number of ether oxygens (including phenoxy) is 1. The molecule has 0 aromatic heterocycles. The molecule has 1 aromatic rings. The van der Waals surface area contributed by atoms with E-state index in [-0.39, 0.29) is 6.10 Å². The number of rotatable bonds is 4. The maximum Gasteiger partial charge on any atom is 0.119 e. The molecule has 78 valence electrons. The number of hydrogen-bond acceptors (Lipinski definition) is 3. The van der Waals surface area contributed by atoms with Crippen LogP contribution in [0.25, 0.3) is 0 Å². The zero-order valence-electron chi connectivity index (χ0n) is 8.91. The van der Waals surface area contributed by atoms with Crippen LogP contribution in [-0.4, -0.2) is 6.61 Å². The van der Waals surface area contributed by atoms with Gasteiger partial charge >= 0.3 is 0 Å². The van der Waals surface area contributed by atoms with Crippen molar-refractivity contribution in [3.8, 4) is 5.75 Å². The van der Waals surface area contributed by atoms with Gasteiger partial charge in [0.05, 0.1) is 6.61 Å². The summed E-state index contributed by atoms with van der Waals surface area (Å²) in [6.07, 6.45) is -0.0781. The molecule has 0 spiro atoms. The average molecular weight is 195 g/mol. The quantitative estimate of drug-likeness (QED) is 0.750. The maximum absolute atomic E-state index is 5.38. The van der Waals surface area contributed by atoms with Gasteiger partial charge in [0, 0.05) is 0 Å². The monoisotopic (exact) mass is 195 g/mol. The van der Waals surface area contributed by atoms with Crippen molar-refractivity contribution in [2.45, 2.75) is 26.9 Å². The van der Waals surface area contributed by atoms with Crippen molar-refractivity contribution in [2.24, 2.45) is 5.90 Å². The number of aryl methyl sites for hydroxylation is 1. The van der Waals surface area contributed by atoms with Crippen LogP contribution in [0.1, 0.15) is 31.1 Å². The van der Waals surface area contributed by atoms with E-state index in [2.05, 4.69) is 0 Å². The first kappa shape index (κ1) is 11.0. The second-order valence-corrected chi connectivity index (χ2v) is 3.23. The number of hydrogen-bond donors (Lipinski definition) is 1. The predicted octanol–water partition coefficient (Wildman–Crippen LogP) is 2.35. The molecule has 0 saturated carbocycles. The van der Waals surface area contributed by atoms with Gasteiger partial charge in [-0.25, -0.2) is 5.90 Å². The lowest BCUT2D eigenvalue weighted by Crippen LogP contribution is -2.07. The van der Waals surface area contributed by atoms with Gasteiger partial charge in [0.2, 0.25) is 0 Å². The second kappa shape index (κ2) is 4.98. The van der Waals surface area contributed by atoms with Crippen LogP contribution < -0.4 is 10.6 Å². The lowest BCUT2D eigenvalue weighted by atomic mass is 10.0. The minimum absolute atomic E-state index is 0.0781. The van der Waals surface area contributed by atoms with Crippen molar-refractivity contribution in [3.63, 3.8) is 0 Å². The predicted molar refractivity (Wildman–Crippen MR) is 56.0 cm³/mol. The Balaban J connectivity index is 2.89. The standard InChI is InChI=1S/C11H17NO2/c1-4-13-10-5-6-11(8(2)7-10)9(3)14-12/h5-7,9H,4,12H2,1-3H3. The van der Waals surface area contributed by atoms with Crippen LogP contribution in [0, 0.1) is 6.92 Å². The molecule has 0 aliphatic carbocycles. The van der Waals surface area contributed by atoms with E-state index in [4.69, 9.17) is 15.5 Å². The van der Waals surface area contributed by atoms with E-state index in [1.54, 1.807) is 0 Å². The average Bonchev–Trinajstić information content (AvgIpc) is 2.17. The molecule has 3 nitrogen and oxygen atoms in total. The summed E-state index contributed by atoms with van der Waals surface area (Å²) >= 11 is 0. The normalized spacial score (nSPS) is 12.6. The molecule has 0 saturated heterocycles. The SMILES string of the molecule is CCOc1ccc(C(C)ON)c(C)c1. The first-order chi connectivity index (χ1) is 6.69. The van der Waals surface area contributed by atoms with Crippen LogP contribution in [0.2, 0.25) is 0 Å². The van der Waals surface area contributed by atoms with E-state index in [1.807, 2.05) is 39.0 Å². The highest BCUT2D eigenvalue weighted by Gasteiger charge is 2.08. The zero-order chi connectivity index (χ0) is 10.6. The largest absolute Gasteiger partial charge is 0.494 e. The molecule has 0 aliphatic heterocycles. The Hall–Kier alpha value is -1.06. The summed E-state index contributed by atoms with van der Waals surface area (Å²) in [6.45, 7) is 6.59. The topological polar surface area (TPSA) is 44.5 Å². The molecule has 0 radical (unpaired) electrons. The second-order valence-electron chi connectivity index (χ2n) is 3.23. The van der Waals surface area contributed by atoms with Crippen molar-refractivity contribution in [3.05, 3.63) is 29.3 Å². The lowest BCUT2D eigenvalue weighted by molar-refractivity contribution is 0.0659. The van der Waals surface area contributed by atoms with Crippen LogP contribution in [0.3, 0.4) is 0 Å². The zero-order valence-corrected chi connectivity index (χ0v) is 8.91. The summed E-state index contributed by atoms with van der Waals surface area (Å²) in [5, 5.41) is 0. The highest BCUT2D eigenvalue weighted by Crippen LogP contribution is 2.23. The van der Waals surface area contributed by atoms with Gasteiger partial charge < -0.3 is 4.74 Å². The molecule has 1 atom stereocenters. The molecule has 0 aliphatic rings. The molecule has 14 heavy (non-hydrogen) atoms. The third kappa shape index (κ3) is 2.47. The Bertz CT molecular complexity index is 299. The molecule has 0 heterocycles. The third-order valence-corrected chi connectivity index (χ3v) is 2.19. The Morgan fingerprint density at radius 2 is 2.14 bits per heavy atom. The fraction of sp³-hybridized carbons (Fsp3) is 0.455. The Morgan fingerprint density at radius 3 is 2.64 bits per heavy atom. The molecule has 1 rings (SSSR count). The van der Waals surface area contributed by atoms with Crippen molar-refractivity contribution in [2.75, 3.05) is 6.61 Å². The van der Waals surface area contributed by atoms with Gasteiger partial charge in [-0.2, -0.15) is 0 Å². The summed E-state index contributed by atoms with van der Waals surface area (Å²) in [5.74, 6) is 6.03. The minimum Gasteiger partial charge on any atom is -0.494 e. The van der Waals surface area contributed by atoms with Crippen LogP contribution in [0.15, 0.2) is 18.2 Å². The molecule has 0 amide bonds. The first-order valence-corrected chi connectivity index (χ1v) is 4.78. The number of nitrogens with two attached hydrogens (primary N) is 1. The first-order valence-electron chi connectivity index (χ1n) is 4.78. The van der Waals surface area contributed by atoms with Gasteiger partial charge in [-0.3, -0.25) is 4.84 Å². The molecule has 0 bridgehead atoms. The summed E-state index contributed by atoms with van der Waals surface area (Å²) in [6, 6.07) is 5.91. The fourth-order valence-corrected chi connectivity index (χ4v) is 1.43. The van der Waals surface area contributed by atoms with Gasteiger partial charge in [-0.1, -0.05) is 6.07 Å². The summed E-state index contributed by atoms with van der Waals surface area (Å²) in [4.78, 5) is 4.78. The summed E-state index contributed by atoms with van der Waals surface area (Å²) < 4.78 is 5.38. The van der Waals surface area contributed by atoms with Crippen molar-refractivity contribution < 1.29 is 9.57 Å². The van der Waals surface area contributed by atoms with Gasteiger partial charge in [-0.15, -0.1) is 0 Å². The van der Waals surface area contributed by atoms with E-state index in [9.17, 15) is 0 Å². The molecule has 1 aromatic carbocycles. The number of benzene rings is 1. The van der Waals surface area contributed by atoms with E-state index in [0.717, 1.165) is 16.9 Å². The Morgan fingerprint density at radius 1 is 1.43 bits per heavy atom. The Labute approximate surface area is 84.8 Å². The van der Waals surface area contributed by atoms with Gasteiger partial charge in [0.15, 0.2) is 0 Å². The highest BCUT2D eigenvalue weighted by atomic mass is 16.6. The van der Waals surface area contributed by atoms with Crippen LogP contribution in [-0.2, 0) is 4.84 Å². The van der Waals surface area contributed by atoms with Gasteiger partial charge in [0.25, 0.3) is 0 Å². The summed E-state index contributed by atoms with van der Waals surface area (Å²) in [5.41, 5.74) is 2.23. The molecule has 1 unspecified atom stereocenters. The molecule has 0 fully saturated rings. The van der Waals surface area contributed by atoms with Gasteiger partial charge in [0.1, 0.15) is 11.9 Å². The molecule has 3 heteroatoms. The summed E-state index contributed by atoms with van der Waals surface area (Å²) in [7, 11) is 0. The fourth-order valence-electron chi connectivity index (χ4n) is 1.43. The minimum atomic E-state index is -0.0781. The van der Waals surface area contributed by atoms with Crippen LogP contribution >= 0.6 is 0 Å². The third-order valence-electron chi connectivity index (χ3n) is 2.19. The lowest BCUT2D eigenvalue weighted by Gasteiger charge is -2.13. The van der Waals surface area contributed by atoms with Crippen molar-refractivity contribution in [1.29, 1.82) is 0 Å². The molecule has 2 N–H and O–H groups in total. The van der Waals surface area contributed by atoms with E-state index in [1.165, 1.54) is 0 Å². The van der Waals surface area contributed by atoms with Crippen molar-refractivity contribution >= 4 is 0 Å². The van der Waals surface area contributed by atoms with Gasteiger partial charge in [-0.05, 0) is 44.0 Å². The smallest absolute Gasteiger partial charge is 0.119 e. The highest BCUT2D eigenvalue weighted by molar-refractivity contribution is 5.35. The van der Waals surface area contributed by atoms with E-state index in [0.29, 0.717) is 6.61 Å². The van der Waals surface area contributed by atoms with Crippen LogP contribution in [0.5, 0.6) is 5.75 Å². The van der Waals surface area contributed by atoms with Crippen LogP contribution in [0.4, 0.5) is 0 Å². The molecular formula is C11H17NO2. The molecular weight excluding hydrogens is 178 g/mol. The Kier molecular flexibility index (Phi) is 3.92. The van der Waals surface area contributed by atoms with Crippen molar-refractivity contribution in [1.82, 2.24) is 0 Å². The van der Waals surface area contributed by atoms with E-state index >= 15 is 0 Å².